The molecule has 39 heavy (non-hydrogen) atoms. The van der Waals surface area contributed by atoms with E-state index >= 15 is 0 Å². The van der Waals surface area contributed by atoms with Crippen molar-refractivity contribution in [2.45, 2.75) is 193 Å². The Morgan fingerprint density at radius 2 is 0.795 bits per heavy atom. The molecule has 3 N–H and O–H groups in total. The Bertz CT molecular complexity index is 460. The Morgan fingerprint density at radius 1 is 0.436 bits per heavy atom. The largest absolute Gasteiger partial charge is 0.393 e. The van der Waals surface area contributed by atoms with E-state index in [4.69, 9.17) is 0 Å². The lowest BCUT2D eigenvalue weighted by atomic mass is 10.1. The maximum absolute atomic E-state index is 9.99. The Labute approximate surface area is 245 Å². The van der Waals surface area contributed by atoms with Gasteiger partial charge in [-0.15, -0.1) is 0 Å². The first-order valence-corrected chi connectivity index (χ1v) is 17.6. The van der Waals surface area contributed by atoms with Gasteiger partial charge in [-0.3, -0.25) is 0 Å². The third-order valence-electron chi connectivity index (χ3n) is 7.88. The topological polar surface area (TPSA) is 52.5 Å². The van der Waals surface area contributed by atoms with Crippen LogP contribution in [0.4, 0.5) is 0 Å². The number of unbranched alkanes of at least 4 members (excludes halogenated alkanes) is 18. The van der Waals surface area contributed by atoms with E-state index in [9.17, 15) is 10.2 Å². The van der Waals surface area contributed by atoms with Crippen molar-refractivity contribution in [2.75, 3.05) is 13.1 Å². The zero-order chi connectivity index (χ0) is 28.5. The normalized spacial score (nSPS) is 13.6. The summed E-state index contributed by atoms with van der Waals surface area (Å²) in [7, 11) is 0. The van der Waals surface area contributed by atoms with Crippen molar-refractivity contribution < 1.29 is 10.2 Å². The van der Waals surface area contributed by atoms with E-state index in [2.05, 4.69) is 43.5 Å². The number of allylic oxidation sites excluding steroid dienone is 2. The standard InChI is InChI=1S/C36H71NO2/c1-3-5-7-23-29-35(38)31-25-19-15-11-9-13-17-21-27-33-37-34-28-22-18-14-10-12-16-20-26-32-36(39)30-24-8-6-4-2/h19-20,25-26,35-39H,3-18,21-24,27-34H2,1-2H3/b25-19-,26-20-/t35-,36-/m1/s1. The lowest BCUT2D eigenvalue weighted by Crippen LogP contribution is -2.16. The van der Waals surface area contributed by atoms with Crippen molar-refractivity contribution in [3.05, 3.63) is 24.3 Å². The third-order valence-corrected chi connectivity index (χ3v) is 7.88. The predicted octanol–water partition coefficient (Wildman–Crippen LogP) is 10.6. The number of aliphatic hydroxyl groups is 2. The SMILES string of the molecule is CCCCCC[C@@H](O)C/C=C\CCCCCCCCNCCCCCCCC/C=C\C[C@H](O)CCCCCC. The summed E-state index contributed by atoms with van der Waals surface area (Å²) in [5.41, 5.74) is 0. The molecule has 0 aromatic heterocycles. The summed E-state index contributed by atoms with van der Waals surface area (Å²) in [5.74, 6) is 0. The molecule has 0 fully saturated rings. The van der Waals surface area contributed by atoms with Crippen molar-refractivity contribution in [1.29, 1.82) is 0 Å². The van der Waals surface area contributed by atoms with Crippen LogP contribution < -0.4 is 5.32 Å². The van der Waals surface area contributed by atoms with Gasteiger partial charge in [-0.1, -0.05) is 141 Å². The minimum absolute atomic E-state index is 0.133. The van der Waals surface area contributed by atoms with Gasteiger partial charge in [-0.05, 0) is 77.3 Å². The van der Waals surface area contributed by atoms with Gasteiger partial charge in [0.1, 0.15) is 0 Å². The summed E-state index contributed by atoms with van der Waals surface area (Å²) in [6, 6.07) is 0. The fourth-order valence-electron chi connectivity index (χ4n) is 5.16. The van der Waals surface area contributed by atoms with Crippen molar-refractivity contribution >= 4 is 0 Å². The molecule has 0 spiro atoms. The van der Waals surface area contributed by atoms with Crippen LogP contribution in [0.15, 0.2) is 24.3 Å². The van der Waals surface area contributed by atoms with Gasteiger partial charge in [0.05, 0.1) is 12.2 Å². The van der Waals surface area contributed by atoms with Gasteiger partial charge < -0.3 is 15.5 Å². The van der Waals surface area contributed by atoms with Gasteiger partial charge in [0.15, 0.2) is 0 Å². The molecule has 0 amide bonds. The highest BCUT2D eigenvalue weighted by Crippen LogP contribution is 2.12. The molecule has 0 bridgehead atoms. The maximum Gasteiger partial charge on any atom is 0.0574 e. The summed E-state index contributed by atoms with van der Waals surface area (Å²) in [6.45, 7) is 6.83. The van der Waals surface area contributed by atoms with Gasteiger partial charge >= 0.3 is 0 Å². The molecule has 0 aliphatic carbocycles. The third kappa shape index (κ3) is 33.5. The van der Waals surface area contributed by atoms with Crippen molar-refractivity contribution in [3.63, 3.8) is 0 Å². The second-order valence-corrected chi connectivity index (χ2v) is 12.0. The molecular weight excluding hydrogens is 478 g/mol. The first kappa shape index (κ1) is 38.4. The number of hydrogen-bond donors (Lipinski definition) is 3. The average molecular weight is 550 g/mol. The van der Waals surface area contributed by atoms with Crippen molar-refractivity contribution in [1.82, 2.24) is 5.32 Å². The highest BCUT2D eigenvalue weighted by Gasteiger charge is 2.01. The molecule has 0 saturated heterocycles. The molecule has 0 unspecified atom stereocenters. The molecule has 0 saturated carbocycles. The van der Waals surface area contributed by atoms with Crippen LogP contribution in [0.5, 0.6) is 0 Å². The van der Waals surface area contributed by atoms with Gasteiger partial charge in [-0.2, -0.15) is 0 Å². The monoisotopic (exact) mass is 550 g/mol. The minimum atomic E-state index is -0.133. The molecule has 0 rings (SSSR count). The van der Waals surface area contributed by atoms with Crippen molar-refractivity contribution in [2.24, 2.45) is 0 Å². The minimum Gasteiger partial charge on any atom is -0.393 e. The van der Waals surface area contributed by atoms with Crippen LogP contribution in [0.25, 0.3) is 0 Å². The van der Waals surface area contributed by atoms with Gasteiger partial charge in [0.2, 0.25) is 0 Å². The van der Waals surface area contributed by atoms with E-state index < -0.39 is 0 Å². The van der Waals surface area contributed by atoms with E-state index in [0.717, 1.165) is 25.7 Å². The van der Waals surface area contributed by atoms with Crippen LogP contribution >= 0.6 is 0 Å². The van der Waals surface area contributed by atoms with Crippen LogP contribution in [0, 0.1) is 0 Å². The first-order chi connectivity index (χ1) is 19.2. The molecule has 0 radical (unpaired) electrons. The molecule has 2 atom stereocenters. The van der Waals surface area contributed by atoms with Gasteiger partial charge in [0.25, 0.3) is 0 Å². The number of hydrogen-bond acceptors (Lipinski definition) is 3. The Hall–Kier alpha value is -0.640. The van der Waals surface area contributed by atoms with E-state index in [1.165, 1.54) is 154 Å². The van der Waals surface area contributed by atoms with Crippen LogP contribution in [0.3, 0.4) is 0 Å². The predicted molar refractivity (Wildman–Crippen MR) is 175 cm³/mol. The zero-order valence-corrected chi connectivity index (χ0v) is 26.7. The van der Waals surface area contributed by atoms with E-state index in [1.54, 1.807) is 0 Å². The molecule has 0 aromatic rings. The lowest BCUT2D eigenvalue weighted by molar-refractivity contribution is 0.163. The fraction of sp³-hybridized carbons (Fsp3) is 0.889. The van der Waals surface area contributed by atoms with Crippen molar-refractivity contribution in [3.8, 4) is 0 Å². The molecular formula is C36H71NO2. The Morgan fingerprint density at radius 3 is 1.21 bits per heavy atom. The molecule has 0 aromatic carbocycles. The highest BCUT2D eigenvalue weighted by molar-refractivity contribution is 4.84. The molecule has 0 aliphatic rings. The second-order valence-electron chi connectivity index (χ2n) is 12.0. The van der Waals surface area contributed by atoms with Crippen LogP contribution in [0.1, 0.15) is 181 Å². The molecule has 3 heteroatoms. The summed E-state index contributed by atoms with van der Waals surface area (Å²) in [4.78, 5) is 0. The second kappa shape index (κ2) is 33.6. The molecule has 0 heterocycles. The number of nitrogens with one attached hydrogen (secondary N) is 1. The summed E-state index contributed by atoms with van der Waals surface area (Å²) >= 11 is 0. The summed E-state index contributed by atoms with van der Waals surface area (Å²) < 4.78 is 0. The summed E-state index contributed by atoms with van der Waals surface area (Å²) in [5, 5.41) is 23.6. The van der Waals surface area contributed by atoms with E-state index in [0.29, 0.717) is 0 Å². The van der Waals surface area contributed by atoms with E-state index in [1.807, 2.05) is 0 Å². The van der Waals surface area contributed by atoms with E-state index in [-0.39, 0.29) is 12.2 Å². The molecule has 0 aliphatic heterocycles. The Balaban J connectivity index is 3.22. The van der Waals surface area contributed by atoms with Gasteiger partial charge in [0, 0.05) is 0 Å². The average Bonchev–Trinajstić information content (AvgIpc) is 2.94. The highest BCUT2D eigenvalue weighted by atomic mass is 16.3. The van der Waals surface area contributed by atoms with Gasteiger partial charge in [-0.25, -0.2) is 0 Å². The Kier molecular flexibility index (Phi) is 33.0. The first-order valence-electron chi connectivity index (χ1n) is 17.6. The quantitative estimate of drug-likeness (QED) is 0.0577. The van der Waals surface area contributed by atoms with Crippen LogP contribution in [-0.4, -0.2) is 35.5 Å². The number of rotatable bonds is 32. The lowest BCUT2D eigenvalue weighted by Gasteiger charge is -2.07. The maximum atomic E-state index is 9.99. The number of aliphatic hydroxyl groups excluding tert-OH is 2. The molecule has 3 nitrogen and oxygen atoms in total. The fourth-order valence-corrected chi connectivity index (χ4v) is 5.16. The smallest absolute Gasteiger partial charge is 0.0574 e. The van der Waals surface area contributed by atoms with Crippen LogP contribution in [0.2, 0.25) is 0 Å². The summed E-state index contributed by atoms with van der Waals surface area (Å²) in [6.07, 6.45) is 40.7. The zero-order valence-electron chi connectivity index (χ0n) is 26.7. The van der Waals surface area contributed by atoms with Crippen LogP contribution in [-0.2, 0) is 0 Å². The molecule has 232 valence electrons.